The van der Waals surface area contributed by atoms with E-state index in [1.165, 1.54) is 12.1 Å². The lowest BCUT2D eigenvalue weighted by atomic mass is 10.1. The quantitative estimate of drug-likeness (QED) is 0.590. The Bertz CT molecular complexity index is 200. The highest BCUT2D eigenvalue weighted by atomic mass is 14.9. The van der Waals surface area contributed by atoms with E-state index in [2.05, 4.69) is 43.8 Å². The zero-order valence-electron chi connectivity index (χ0n) is 6.96. The second kappa shape index (κ2) is 2.91. The van der Waals surface area contributed by atoms with E-state index in [0.717, 1.165) is 0 Å². The Morgan fingerprint density at radius 3 is 2.70 bits per heavy atom. The van der Waals surface area contributed by atoms with Crippen molar-refractivity contribution in [2.75, 3.05) is 0 Å². The maximum Gasteiger partial charge on any atom is 0.0199 e. The molecule has 56 valence electrons. The van der Waals surface area contributed by atoms with Crippen LogP contribution in [0.25, 0.3) is 0 Å². The van der Waals surface area contributed by atoms with Gasteiger partial charge in [-0.05, 0) is 24.5 Å². The molecular formula is C9H15N. The Hall–Kier alpha value is -0.720. The van der Waals surface area contributed by atoms with Crippen molar-refractivity contribution in [2.24, 2.45) is 7.05 Å². The van der Waals surface area contributed by atoms with Crippen LogP contribution in [0.4, 0.5) is 0 Å². The van der Waals surface area contributed by atoms with Crippen molar-refractivity contribution in [1.82, 2.24) is 4.57 Å². The first-order valence-corrected chi connectivity index (χ1v) is 3.87. The predicted octanol–water partition coefficient (Wildman–Crippen LogP) is 2.54. The monoisotopic (exact) mass is 137 g/mol. The van der Waals surface area contributed by atoms with Crippen molar-refractivity contribution < 1.29 is 0 Å². The summed E-state index contributed by atoms with van der Waals surface area (Å²) in [7, 11) is 2.10. The number of aryl methyl sites for hydroxylation is 1. The molecule has 10 heavy (non-hydrogen) atoms. The van der Waals surface area contributed by atoms with E-state index in [-0.39, 0.29) is 0 Å². The zero-order valence-corrected chi connectivity index (χ0v) is 6.96. The second-order valence-electron chi connectivity index (χ2n) is 2.85. The molecule has 0 aliphatic rings. The van der Waals surface area contributed by atoms with Gasteiger partial charge in [0.2, 0.25) is 0 Å². The van der Waals surface area contributed by atoms with E-state index in [4.69, 9.17) is 0 Å². The molecule has 0 fully saturated rings. The van der Waals surface area contributed by atoms with Crippen molar-refractivity contribution in [3.63, 3.8) is 0 Å². The highest BCUT2D eigenvalue weighted by Crippen LogP contribution is 2.17. The van der Waals surface area contributed by atoms with Crippen molar-refractivity contribution in [3.05, 3.63) is 24.0 Å². The number of hydrogen-bond donors (Lipinski definition) is 0. The van der Waals surface area contributed by atoms with Gasteiger partial charge in [0.05, 0.1) is 0 Å². The SMILES string of the molecule is CCC(C)c1cccn1C. The molecular weight excluding hydrogens is 122 g/mol. The van der Waals surface area contributed by atoms with E-state index in [9.17, 15) is 0 Å². The van der Waals surface area contributed by atoms with E-state index in [0.29, 0.717) is 5.92 Å². The fraction of sp³-hybridized carbons (Fsp3) is 0.556. The summed E-state index contributed by atoms with van der Waals surface area (Å²) in [5, 5.41) is 0. The van der Waals surface area contributed by atoms with Gasteiger partial charge < -0.3 is 4.57 Å². The molecule has 0 aromatic carbocycles. The molecule has 1 aromatic heterocycles. The maximum absolute atomic E-state index is 2.26. The van der Waals surface area contributed by atoms with Gasteiger partial charge in [-0.1, -0.05) is 13.8 Å². The van der Waals surface area contributed by atoms with Gasteiger partial charge in [0.25, 0.3) is 0 Å². The molecule has 0 saturated carbocycles. The Labute approximate surface area is 62.7 Å². The summed E-state index contributed by atoms with van der Waals surface area (Å²) in [4.78, 5) is 0. The lowest BCUT2D eigenvalue weighted by Gasteiger charge is -2.08. The van der Waals surface area contributed by atoms with Crippen LogP contribution in [0.2, 0.25) is 0 Å². The van der Waals surface area contributed by atoms with Gasteiger partial charge in [-0.3, -0.25) is 0 Å². The molecule has 0 spiro atoms. The standard InChI is InChI=1S/C9H15N/c1-4-8(2)9-6-5-7-10(9)3/h5-8H,4H2,1-3H3. The summed E-state index contributed by atoms with van der Waals surface area (Å²) >= 11 is 0. The molecule has 1 heteroatoms. The van der Waals surface area contributed by atoms with Gasteiger partial charge in [0.15, 0.2) is 0 Å². The van der Waals surface area contributed by atoms with Crippen LogP contribution in [0.1, 0.15) is 31.9 Å². The van der Waals surface area contributed by atoms with Crippen LogP contribution in [-0.4, -0.2) is 4.57 Å². The molecule has 1 nitrogen and oxygen atoms in total. The topological polar surface area (TPSA) is 4.93 Å². The summed E-state index contributed by atoms with van der Waals surface area (Å²) in [5.74, 6) is 0.694. The van der Waals surface area contributed by atoms with Gasteiger partial charge in [0.1, 0.15) is 0 Å². The lowest BCUT2D eigenvalue weighted by molar-refractivity contribution is 0.666. The number of hydrogen-bond acceptors (Lipinski definition) is 0. The molecule has 1 unspecified atom stereocenters. The van der Waals surface area contributed by atoms with Crippen molar-refractivity contribution in [2.45, 2.75) is 26.2 Å². The van der Waals surface area contributed by atoms with Crippen LogP contribution in [0.3, 0.4) is 0 Å². The minimum Gasteiger partial charge on any atom is -0.354 e. The van der Waals surface area contributed by atoms with E-state index in [1.807, 2.05) is 0 Å². The molecule has 1 heterocycles. The van der Waals surface area contributed by atoms with Gasteiger partial charge >= 0.3 is 0 Å². The lowest BCUT2D eigenvalue weighted by Crippen LogP contribution is -1.98. The molecule has 0 aliphatic carbocycles. The van der Waals surface area contributed by atoms with Crippen LogP contribution < -0.4 is 0 Å². The summed E-state index contributed by atoms with van der Waals surface area (Å²) in [5.41, 5.74) is 1.43. The first kappa shape index (κ1) is 7.39. The zero-order chi connectivity index (χ0) is 7.56. The fourth-order valence-electron chi connectivity index (χ4n) is 1.20. The van der Waals surface area contributed by atoms with Crippen LogP contribution in [0.15, 0.2) is 18.3 Å². The van der Waals surface area contributed by atoms with Crippen molar-refractivity contribution in [1.29, 1.82) is 0 Å². The molecule has 1 atom stereocenters. The molecule has 0 N–H and O–H groups in total. The van der Waals surface area contributed by atoms with Gasteiger partial charge in [-0.2, -0.15) is 0 Å². The molecule has 0 saturated heterocycles. The normalized spacial score (nSPS) is 13.5. The van der Waals surface area contributed by atoms with Crippen LogP contribution >= 0.6 is 0 Å². The molecule has 0 bridgehead atoms. The first-order valence-electron chi connectivity index (χ1n) is 3.87. The Kier molecular flexibility index (Phi) is 2.15. The summed E-state index contributed by atoms with van der Waals surface area (Å²) in [6.07, 6.45) is 3.32. The highest BCUT2D eigenvalue weighted by molar-refractivity contribution is 5.10. The molecule has 0 amide bonds. The van der Waals surface area contributed by atoms with E-state index >= 15 is 0 Å². The molecule has 1 aromatic rings. The maximum atomic E-state index is 2.26. The van der Waals surface area contributed by atoms with Gasteiger partial charge in [-0.15, -0.1) is 0 Å². The number of rotatable bonds is 2. The Morgan fingerprint density at radius 2 is 2.30 bits per heavy atom. The smallest absolute Gasteiger partial charge is 0.0199 e. The summed E-state index contributed by atoms with van der Waals surface area (Å²) in [6, 6.07) is 4.29. The van der Waals surface area contributed by atoms with E-state index in [1.54, 1.807) is 0 Å². The number of nitrogens with zero attached hydrogens (tertiary/aromatic N) is 1. The van der Waals surface area contributed by atoms with Crippen molar-refractivity contribution in [3.8, 4) is 0 Å². The van der Waals surface area contributed by atoms with Gasteiger partial charge in [-0.25, -0.2) is 0 Å². The second-order valence-corrected chi connectivity index (χ2v) is 2.85. The Balaban J connectivity index is 2.82. The largest absolute Gasteiger partial charge is 0.354 e. The van der Waals surface area contributed by atoms with E-state index < -0.39 is 0 Å². The average molecular weight is 137 g/mol. The summed E-state index contributed by atoms with van der Waals surface area (Å²) in [6.45, 7) is 4.48. The number of aromatic nitrogens is 1. The minimum atomic E-state index is 0.694. The first-order chi connectivity index (χ1) is 4.75. The third-order valence-electron chi connectivity index (χ3n) is 2.10. The third kappa shape index (κ3) is 1.23. The molecule has 0 aliphatic heterocycles. The fourth-order valence-corrected chi connectivity index (χ4v) is 1.20. The van der Waals surface area contributed by atoms with Crippen molar-refractivity contribution >= 4 is 0 Å². The predicted molar refractivity (Wildman–Crippen MR) is 44.1 cm³/mol. The average Bonchev–Trinajstić information content (AvgIpc) is 2.34. The third-order valence-corrected chi connectivity index (χ3v) is 2.10. The minimum absolute atomic E-state index is 0.694. The van der Waals surface area contributed by atoms with Crippen LogP contribution in [0, 0.1) is 0 Å². The van der Waals surface area contributed by atoms with Gasteiger partial charge in [0, 0.05) is 18.9 Å². The highest BCUT2D eigenvalue weighted by Gasteiger charge is 2.03. The molecule has 0 radical (unpaired) electrons. The molecule has 1 rings (SSSR count). The van der Waals surface area contributed by atoms with Crippen LogP contribution in [-0.2, 0) is 7.05 Å². The Morgan fingerprint density at radius 1 is 1.60 bits per heavy atom. The summed E-state index contributed by atoms with van der Waals surface area (Å²) < 4.78 is 2.19. The van der Waals surface area contributed by atoms with Crippen LogP contribution in [0.5, 0.6) is 0 Å².